The minimum absolute atomic E-state index is 0.00935. The number of para-hydroxylation sites is 1. The SMILES string of the molecule is O=[N+]([O-])c1ccc(-c2noc(-c3cc(-c4ccccc4)nc4ccccc34)n2)cc1. The van der Waals surface area contributed by atoms with Crippen LogP contribution in [0.2, 0.25) is 0 Å². The Kier molecular flexibility index (Phi) is 4.25. The van der Waals surface area contributed by atoms with Crippen molar-refractivity contribution in [3.05, 3.63) is 95.0 Å². The third-order valence-electron chi connectivity index (χ3n) is 4.78. The van der Waals surface area contributed by atoms with Crippen molar-refractivity contribution in [2.24, 2.45) is 0 Å². The van der Waals surface area contributed by atoms with Crippen LogP contribution in [0.15, 0.2) is 89.5 Å². The Morgan fingerprint density at radius 3 is 2.30 bits per heavy atom. The minimum atomic E-state index is -0.445. The van der Waals surface area contributed by atoms with Gasteiger partial charge in [-0.3, -0.25) is 10.1 Å². The van der Waals surface area contributed by atoms with Gasteiger partial charge in [0.2, 0.25) is 5.82 Å². The molecule has 3 aromatic carbocycles. The summed E-state index contributed by atoms with van der Waals surface area (Å²) in [7, 11) is 0. The van der Waals surface area contributed by atoms with Crippen molar-refractivity contribution in [3.63, 3.8) is 0 Å². The smallest absolute Gasteiger partial charge is 0.269 e. The predicted octanol–water partition coefficient (Wildman–Crippen LogP) is 5.53. The summed E-state index contributed by atoms with van der Waals surface area (Å²) in [5.41, 5.74) is 4.04. The molecular formula is C23H14N4O3. The number of rotatable bonds is 4. The Hall–Kier alpha value is -4.39. The molecule has 0 fully saturated rings. The zero-order valence-corrected chi connectivity index (χ0v) is 15.6. The molecule has 0 bridgehead atoms. The standard InChI is InChI=1S/C23H14N4O3/c28-27(29)17-12-10-16(11-13-17)22-25-23(30-26-22)19-14-21(15-6-2-1-3-7-15)24-20-9-5-4-8-18(19)20/h1-14H. The van der Waals surface area contributed by atoms with Gasteiger partial charge in [0.1, 0.15) is 0 Å². The van der Waals surface area contributed by atoms with Gasteiger partial charge in [0.05, 0.1) is 21.7 Å². The monoisotopic (exact) mass is 394 g/mol. The molecule has 0 saturated carbocycles. The molecule has 7 heteroatoms. The summed E-state index contributed by atoms with van der Waals surface area (Å²) in [4.78, 5) is 19.7. The molecule has 5 aromatic rings. The van der Waals surface area contributed by atoms with Crippen LogP contribution in [0.3, 0.4) is 0 Å². The molecule has 0 aliphatic rings. The van der Waals surface area contributed by atoms with E-state index in [-0.39, 0.29) is 5.69 Å². The lowest BCUT2D eigenvalue weighted by Gasteiger charge is -2.07. The maximum Gasteiger partial charge on any atom is 0.269 e. The van der Waals surface area contributed by atoms with Gasteiger partial charge in [-0.25, -0.2) is 4.98 Å². The van der Waals surface area contributed by atoms with Gasteiger partial charge in [-0.15, -0.1) is 0 Å². The van der Waals surface area contributed by atoms with Gasteiger partial charge in [-0.2, -0.15) is 4.98 Å². The molecule has 0 saturated heterocycles. The van der Waals surface area contributed by atoms with Crippen molar-refractivity contribution < 1.29 is 9.45 Å². The van der Waals surface area contributed by atoms with E-state index < -0.39 is 4.92 Å². The Morgan fingerprint density at radius 2 is 1.53 bits per heavy atom. The molecule has 0 aliphatic carbocycles. The number of hydrogen-bond donors (Lipinski definition) is 0. The predicted molar refractivity (Wildman–Crippen MR) is 113 cm³/mol. The molecule has 7 nitrogen and oxygen atoms in total. The third kappa shape index (κ3) is 3.18. The summed E-state index contributed by atoms with van der Waals surface area (Å²) >= 11 is 0. The second kappa shape index (κ2) is 7.21. The topological polar surface area (TPSA) is 95.0 Å². The molecule has 0 N–H and O–H groups in total. The summed E-state index contributed by atoms with van der Waals surface area (Å²) in [6.07, 6.45) is 0. The highest BCUT2D eigenvalue weighted by Gasteiger charge is 2.16. The third-order valence-corrected chi connectivity index (χ3v) is 4.78. The lowest BCUT2D eigenvalue weighted by atomic mass is 10.0. The van der Waals surface area contributed by atoms with Gasteiger partial charge >= 0.3 is 0 Å². The molecule has 0 spiro atoms. The summed E-state index contributed by atoms with van der Waals surface area (Å²) in [6, 6.07) is 25.6. The highest BCUT2D eigenvalue weighted by Crippen LogP contribution is 2.32. The fourth-order valence-corrected chi connectivity index (χ4v) is 3.29. The first-order chi connectivity index (χ1) is 14.7. The maximum absolute atomic E-state index is 10.9. The Morgan fingerprint density at radius 1 is 0.800 bits per heavy atom. The minimum Gasteiger partial charge on any atom is -0.334 e. The largest absolute Gasteiger partial charge is 0.334 e. The van der Waals surface area contributed by atoms with E-state index in [1.807, 2.05) is 60.7 Å². The zero-order valence-electron chi connectivity index (χ0n) is 15.6. The fraction of sp³-hybridized carbons (Fsp3) is 0. The van der Waals surface area contributed by atoms with E-state index in [2.05, 4.69) is 10.1 Å². The summed E-state index contributed by atoms with van der Waals surface area (Å²) in [6.45, 7) is 0. The van der Waals surface area contributed by atoms with Crippen LogP contribution < -0.4 is 0 Å². The average Bonchev–Trinajstić information content (AvgIpc) is 3.29. The number of aromatic nitrogens is 3. The van der Waals surface area contributed by atoms with Gasteiger partial charge in [0.25, 0.3) is 11.6 Å². The average molecular weight is 394 g/mol. The highest BCUT2D eigenvalue weighted by atomic mass is 16.6. The van der Waals surface area contributed by atoms with Crippen LogP contribution in [0.5, 0.6) is 0 Å². The van der Waals surface area contributed by atoms with Gasteiger partial charge in [0.15, 0.2) is 0 Å². The molecule has 0 radical (unpaired) electrons. The van der Waals surface area contributed by atoms with Crippen LogP contribution in [0.4, 0.5) is 5.69 Å². The fourth-order valence-electron chi connectivity index (χ4n) is 3.29. The molecule has 0 unspecified atom stereocenters. The quantitative estimate of drug-likeness (QED) is 0.294. The molecule has 2 heterocycles. The molecule has 0 aliphatic heterocycles. The van der Waals surface area contributed by atoms with Crippen LogP contribution in [0.25, 0.3) is 45.0 Å². The maximum atomic E-state index is 10.9. The zero-order chi connectivity index (χ0) is 20.5. The first-order valence-electron chi connectivity index (χ1n) is 9.23. The van der Waals surface area contributed by atoms with E-state index in [0.717, 1.165) is 27.7 Å². The Bertz CT molecular complexity index is 1360. The van der Waals surface area contributed by atoms with E-state index in [0.29, 0.717) is 17.3 Å². The Balaban J connectivity index is 1.62. The van der Waals surface area contributed by atoms with Crippen LogP contribution in [0, 0.1) is 10.1 Å². The lowest BCUT2D eigenvalue weighted by molar-refractivity contribution is -0.384. The van der Waals surface area contributed by atoms with Gasteiger partial charge < -0.3 is 4.52 Å². The van der Waals surface area contributed by atoms with Crippen LogP contribution in [-0.2, 0) is 0 Å². The van der Waals surface area contributed by atoms with Crippen molar-refractivity contribution >= 4 is 16.6 Å². The normalized spacial score (nSPS) is 10.9. The second-order valence-electron chi connectivity index (χ2n) is 6.67. The van der Waals surface area contributed by atoms with Crippen molar-refractivity contribution in [2.45, 2.75) is 0 Å². The Labute approximate surface area is 170 Å². The number of hydrogen-bond acceptors (Lipinski definition) is 6. The number of pyridine rings is 1. The number of non-ortho nitro benzene ring substituents is 1. The molecule has 0 amide bonds. The molecule has 2 aromatic heterocycles. The molecule has 0 atom stereocenters. The number of nitro groups is 1. The molecule has 144 valence electrons. The highest BCUT2D eigenvalue weighted by molar-refractivity contribution is 5.94. The first-order valence-corrected chi connectivity index (χ1v) is 9.23. The number of nitrogens with zero attached hydrogens (tertiary/aromatic N) is 4. The number of nitro benzene ring substituents is 1. The van der Waals surface area contributed by atoms with Gasteiger partial charge in [-0.05, 0) is 24.3 Å². The van der Waals surface area contributed by atoms with Crippen molar-refractivity contribution in [3.8, 4) is 34.1 Å². The van der Waals surface area contributed by atoms with Crippen molar-refractivity contribution in [2.75, 3.05) is 0 Å². The van der Waals surface area contributed by atoms with E-state index >= 15 is 0 Å². The second-order valence-corrected chi connectivity index (χ2v) is 6.67. The first kappa shape index (κ1) is 17.7. The van der Waals surface area contributed by atoms with Crippen LogP contribution >= 0.6 is 0 Å². The lowest BCUT2D eigenvalue weighted by Crippen LogP contribution is -1.90. The number of benzene rings is 3. The molecular weight excluding hydrogens is 380 g/mol. The van der Waals surface area contributed by atoms with Gasteiger partial charge in [0, 0.05) is 28.6 Å². The summed E-state index contributed by atoms with van der Waals surface area (Å²) < 4.78 is 5.56. The van der Waals surface area contributed by atoms with E-state index in [4.69, 9.17) is 9.51 Å². The van der Waals surface area contributed by atoms with Crippen molar-refractivity contribution in [1.29, 1.82) is 0 Å². The van der Waals surface area contributed by atoms with E-state index in [1.54, 1.807) is 12.1 Å². The van der Waals surface area contributed by atoms with Crippen LogP contribution in [-0.4, -0.2) is 20.0 Å². The summed E-state index contributed by atoms with van der Waals surface area (Å²) in [5.74, 6) is 0.723. The number of fused-ring (bicyclic) bond motifs is 1. The molecule has 30 heavy (non-hydrogen) atoms. The van der Waals surface area contributed by atoms with Gasteiger partial charge in [-0.1, -0.05) is 53.7 Å². The van der Waals surface area contributed by atoms with E-state index in [9.17, 15) is 10.1 Å². The summed E-state index contributed by atoms with van der Waals surface area (Å²) in [5, 5.41) is 15.8. The van der Waals surface area contributed by atoms with E-state index in [1.165, 1.54) is 12.1 Å². The molecule has 5 rings (SSSR count). The van der Waals surface area contributed by atoms with Crippen LogP contribution in [0.1, 0.15) is 0 Å². The van der Waals surface area contributed by atoms with Crippen molar-refractivity contribution in [1.82, 2.24) is 15.1 Å².